The molecule has 0 aromatic heterocycles. The summed E-state index contributed by atoms with van der Waals surface area (Å²) in [5.74, 6) is 2.96. The molecule has 2 atom stereocenters. The van der Waals surface area contributed by atoms with Crippen LogP contribution in [0.4, 0.5) is 0 Å². The van der Waals surface area contributed by atoms with Crippen molar-refractivity contribution in [2.45, 2.75) is 46.3 Å². The number of rotatable bonds is 6. The highest BCUT2D eigenvalue weighted by Crippen LogP contribution is 2.33. The molecule has 1 heterocycles. The molecule has 0 amide bonds. The van der Waals surface area contributed by atoms with Crippen LogP contribution in [0.1, 0.15) is 39.2 Å². The number of benzene rings is 1. The van der Waals surface area contributed by atoms with Gasteiger partial charge in [-0.15, -0.1) is 0 Å². The molecule has 1 fully saturated rings. The molecule has 1 aromatic rings. The first-order valence-corrected chi connectivity index (χ1v) is 10.0. The van der Waals surface area contributed by atoms with Gasteiger partial charge in [0.2, 0.25) is 0 Å². The lowest BCUT2D eigenvalue weighted by molar-refractivity contribution is -0.0836. The average molecular weight is 392 g/mol. The summed E-state index contributed by atoms with van der Waals surface area (Å²) in [7, 11) is 7.20. The highest BCUT2D eigenvalue weighted by atomic mass is 16.5. The Hall–Kier alpha value is -1.95. The molecule has 0 saturated carbocycles. The van der Waals surface area contributed by atoms with Crippen LogP contribution in [0.2, 0.25) is 0 Å². The Morgan fingerprint density at radius 1 is 1.29 bits per heavy atom. The number of methoxy groups -OCH3 is 2. The van der Waals surface area contributed by atoms with Crippen LogP contribution in [0.25, 0.3) is 0 Å². The van der Waals surface area contributed by atoms with E-state index in [0.29, 0.717) is 12.5 Å². The zero-order valence-corrected chi connectivity index (χ0v) is 18.5. The van der Waals surface area contributed by atoms with E-state index in [2.05, 4.69) is 36.0 Å². The van der Waals surface area contributed by atoms with Crippen molar-refractivity contribution in [2.24, 2.45) is 16.3 Å². The Labute approximate surface area is 170 Å². The SMILES string of the molecule is CN=C(NCC1CCCOC1C(C)(C)C)N(C)Cc1ccc(OC)cc1OC. The summed E-state index contributed by atoms with van der Waals surface area (Å²) in [6.07, 6.45) is 2.57. The van der Waals surface area contributed by atoms with Crippen molar-refractivity contribution in [1.82, 2.24) is 10.2 Å². The van der Waals surface area contributed by atoms with Crippen LogP contribution in [0, 0.1) is 11.3 Å². The summed E-state index contributed by atoms with van der Waals surface area (Å²) in [4.78, 5) is 6.58. The largest absolute Gasteiger partial charge is 0.497 e. The summed E-state index contributed by atoms with van der Waals surface area (Å²) in [5, 5.41) is 3.55. The van der Waals surface area contributed by atoms with Crippen molar-refractivity contribution in [1.29, 1.82) is 0 Å². The molecule has 158 valence electrons. The lowest BCUT2D eigenvalue weighted by Crippen LogP contribution is -2.47. The molecule has 0 aliphatic carbocycles. The van der Waals surface area contributed by atoms with E-state index in [1.165, 1.54) is 6.42 Å². The van der Waals surface area contributed by atoms with Gasteiger partial charge in [0.1, 0.15) is 11.5 Å². The summed E-state index contributed by atoms with van der Waals surface area (Å²) in [6, 6.07) is 5.90. The van der Waals surface area contributed by atoms with Gasteiger partial charge in [-0.3, -0.25) is 4.99 Å². The maximum Gasteiger partial charge on any atom is 0.193 e. The lowest BCUT2D eigenvalue weighted by atomic mass is 9.78. The predicted molar refractivity (Wildman–Crippen MR) is 114 cm³/mol. The molecule has 0 radical (unpaired) electrons. The summed E-state index contributed by atoms with van der Waals surface area (Å²) in [6.45, 7) is 9.19. The molecule has 1 aliphatic heterocycles. The van der Waals surface area contributed by atoms with Gasteiger partial charge in [-0.05, 0) is 30.4 Å². The first kappa shape index (κ1) is 22.3. The second kappa shape index (κ2) is 10.0. The first-order valence-electron chi connectivity index (χ1n) is 10.0. The van der Waals surface area contributed by atoms with E-state index >= 15 is 0 Å². The van der Waals surface area contributed by atoms with E-state index in [9.17, 15) is 0 Å². The fourth-order valence-corrected chi connectivity index (χ4v) is 3.93. The van der Waals surface area contributed by atoms with E-state index in [-0.39, 0.29) is 11.5 Å². The van der Waals surface area contributed by atoms with Gasteiger partial charge in [0, 0.05) is 51.3 Å². The Morgan fingerprint density at radius 2 is 2.04 bits per heavy atom. The van der Waals surface area contributed by atoms with Gasteiger partial charge in [0.15, 0.2) is 5.96 Å². The fraction of sp³-hybridized carbons (Fsp3) is 0.682. The maximum absolute atomic E-state index is 6.11. The summed E-state index contributed by atoms with van der Waals surface area (Å²) in [5.41, 5.74) is 1.22. The van der Waals surface area contributed by atoms with Gasteiger partial charge in [-0.1, -0.05) is 20.8 Å². The third-order valence-electron chi connectivity index (χ3n) is 5.30. The third-order valence-corrected chi connectivity index (χ3v) is 5.30. The number of aliphatic imine (C=N–C) groups is 1. The first-order chi connectivity index (χ1) is 13.3. The monoisotopic (exact) mass is 391 g/mol. The average Bonchev–Trinajstić information content (AvgIpc) is 2.68. The topological polar surface area (TPSA) is 55.3 Å². The van der Waals surface area contributed by atoms with Crippen LogP contribution < -0.4 is 14.8 Å². The smallest absolute Gasteiger partial charge is 0.193 e. The summed E-state index contributed by atoms with van der Waals surface area (Å²) >= 11 is 0. The molecule has 1 N–H and O–H groups in total. The van der Waals surface area contributed by atoms with Crippen LogP contribution in [-0.4, -0.2) is 58.4 Å². The van der Waals surface area contributed by atoms with E-state index in [4.69, 9.17) is 14.2 Å². The van der Waals surface area contributed by atoms with Crippen molar-refractivity contribution >= 4 is 5.96 Å². The van der Waals surface area contributed by atoms with Gasteiger partial charge in [-0.2, -0.15) is 0 Å². The zero-order chi connectivity index (χ0) is 20.7. The molecule has 1 aliphatic rings. The quantitative estimate of drug-likeness (QED) is 0.594. The predicted octanol–water partition coefficient (Wildman–Crippen LogP) is 3.55. The number of nitrogens with zero attached hydrogens (tertiary/aromatic N) is 2. The number of hydrogen-bond acceptors (Lipinski definition) is 4. The second-order valence-electron chi connectivity index (χ2n) is 8.52. The highest BCUT2D eigenvalue weighted by molar-refractivity contribution is 5.79. The second-order valence-corrected chi connectivity index (χ2v) is 8.52. The van der Waals surface area contributed by atoms with Crippen molar-refractivity contribution in [3.63, 3.8) is 0 Å². The van der Waals surface area contributed by atoms with E-state index in [1.807, 2.05) is 32.3 Å². The number of ether oxygens (including phenoxy) is 3. The lowest BCUT2D eigenvalue weighted by Gasteiger charge is -2.40. The molecule has 2 rings (SSSR count). The fourth-order valence-electron chi connectivity index (χ4n) is 3.93. The van der Waals surface area contributed by atoms with E-state index in [1.54, 1.807) is 14.2 Å². The molecule has 6 heteroatoms. The van der Waals surface area contributed by atoms with E-state index < -0.39 is 0 Å². The Balaban J connectivity index is 2.01. The number of hydrogen-bond donors (Lipinski definition) is 1. The molecule has 28 heavy (non-hydrogen) atoms. The van der Waals surface area contributed by atoms with Gasteiger partial charge in [-0.25, -0.2) is 0 Å². The molecule has 1 aromatic carbocycles. The van der Waals surface area contributed by atoms with Crippen molar-refractivity contribution in [3.05, 3.63) is 23.8 Å². The normalized spacial score (nSPS) is 20.6. The molecular weight excluding hydrogens is 354 g/mol. The standard InChI is InChI=1S/C22H37N3O3/c1-22(2,3)20-16(9-8-12-28-20)14-24-21(23-4)25(5)15-17-10-11-18(26-6)13-19(17)27-7/h10-11,13,16,20H,8-9,12,14-15H2,1-7H3,(H,23,24). The van der Waals surface area contributed by atoms with Crippen LogP contribution >= 0.6 is 0 Å². The number of guanidine groups is 1. The molecule has 1 saturated heterocycles. The minimum atomic E-state index is 0.138. The van der Waals surface area contributed by atoms with Crippen molar-refractivity contribution in [2.75, 3.05) is 41.5 Å². The zero-order valence-electron chi connectivity index (χ0n) is 18.5. The molecule has 6 nitrogen and oxygen atoms in total. The molecule has 0 bridgehead atoms. The summed E-state index contributed by atoms with van der Waals surface area (Å²) < 4.78 is 16.9. The molecular formula is C22H37N3O3. The minimum Gasteiger partial charge on any atom is -0.497 e. The third kappa shape index (κ3) is 5.77. The van der Waals surface area contributed by atoms with Crippen LogP contribution in [0.15, 0.2) is 23.2 Å². The van der Waals surface area contributed by atoms with Crippen LogP contribution in [0.5, 0.6) is 11.5 Å². The minimum absolute atomic E-state index is 0.138. The maximum atomic E-state index is 6.11. The van der Waals surface area contributed by atoms with Gasteiger partial charge in [0.05, 0.1) is 20.3 Å². The highest BCUT2D eigenvalue weighted by Gasteiger charge is 2.35. The van der Waals surface area contributed by atoms with Crippen molar-refractivity contribution < 1.29 is 14.2 Å². The molecule has 0 spiro atoms. The Kier molecular flexibility index (Phi) is 7.98. The van der Waals surface area contributed by atoms with Crippen LogP contribution in [-0.2, 0) is 11.3 Å². The van der Waals surface area contributed by atoms with Gasteiger partial charge < -0.3 is 24.4 Å². The van der Waals surface area contributed by atoms with Crippen molar-refractivity contribution in [3.8, 4) is 11.5 Å². The van der Waals surface area contributed by atoms with Gasteiger partial charge >= 0.3 is 0 Å². The molecule has 2 unspecified atom stereocenters. The van der Waals surface area contributed by atoms with Crippen LogP contribution in [0.3, 0.4) is 0 Å². The Bertz CT molecular complexity index is 655. The van der Waals surface area contributed by atoms with Gasteiger partial charge in [0.25, 0.3) is 0 Å². The number of nitrogens with one attached hydrogen (secondary N) is 1. The van der Waals surface area contributed by atoms with E-state index in [0.717, 1.165) is 42.6 Å². The Morgan fingerprint density at radius 3 is 2.64 bits per heavy atom.